The maximum atomic E-state index is 5.38. The molecule has 1 aliphatic carbocycles. The number of nitrogens with zero attached hydrogens (tertiary/aromatic N) is 3. The normalized spacial score (nSPS) is 17.3. The van der Waals surface area contributed by atoms with Crippen molar-refractivity contribution in [1.29, 1.82) is 0 Å². The first kappa shape index (κ1) is 35.5. The number of aromatic nitrogens is 3. The molecular formula is C30H61N3O2. The van der Waals surface area contributed by atoms with Crippen LogP contribution in [0.1, 0.15) is 166 Å². The molecule has 0 bridgehead atoms. The molecule has 0 saturated heterocycles. The second-order valence-corrected chi connectivity index (χ2v) is 11.6. The predicted octanol–water partition coefficient (Wildman–Crippen LogP) is 10.5. The summed E-state index contributed by atoms with van der Waals surface area (Å²) in [6, 6.07) is 2.04. The van der Waals surface area contributed by atoms with Crippen LogP contribution in [0.25, 0.3) is 0 Å². The molecule has 2 atom stereocenters. The predicted molar refractivity (Wildman–Crippen MR) is 153 cm³/mol. The van der Waals surface area contributed by atoms with E-state index in [1.807, 2.05) is 33.8 Å². The van der Waals surface area contributed by atoms with Crippen molar-refractivity contribution in [3.63, 3.8) is 0 Å². The summed E-state index contributed by atoms with van der Waals surface area (Å²) in [5, 5.41) is 11.8. The van der Waals surface area contributed by atoms with Gasteiger partial charge in [-0.05, 0) is 48.9 Å². The molecule has 2 aromatic rings. The van der Waals surface area contributed by atoms with Gasteiger partial charge in [0.05, 0.1) is 5.69 Å². The van der Waals surface area contributed by atoms with Crippen molar-refractivity contribution >= 4 is 0 Å². The van der Waals surface area contributed by atoms with Crippen molar-refractivity contribution in [1.82, 2.24) is 15.4 Å². The van der Waals surface area contributed by atoms with Crippen LogP contribution in [-0.4, -0.2) is 15.4 Å². The summed E-state index contributed by atoms with van der Waals surface area (Å²) in [6.07, 6.45) is 4.47. The summed E-state index contributed by atoms with van der Waals surface area (Å²) in [4.78, 5) is 0. The van der Waals surface area contributed by atoms with Crippen molar-refractivity contribution in [2.45, 2.75) is 141 Å². The monoisotopic (exact) mass is 496 g/mol. The van der Waals surface area contributed by atoms with Crippen molar-refractivity contribution in [3.05, 3.63) is 29.3 Å². The van der Waals surface area contributed by atoms with Gasteiger partial charge < -0.3 is 8.94 Å². The minimum absolute atomic E-state index is 0. The van der Waals surface area contributed by atoms with Crippen LogP contribution >= 0.6 is 0 Å². The van der Waals surface area contributed by atoms with Crippen LogP contribution in [0.15, 0.2) is 15.0 Å². The van der Waals surface area contributed by atoms with E-state index in [0.29, 0.717) is 23.7 Å². The second kappa shape index (κ2) is 16.9. The Morgan fingerprint density at radius 3 is 1.31 bits per heavy atom. The Morgan fingerprint density at radius 1 is 0.686 bits per heavy atom. The van der Waals surface area contributed by atoms with Gasteiger partial charge in [0.15, 0.2) is 0 Å². The van der Waals surface area contributed by atoms with Crippen LogP contribution in [0.4, 0.5) is 0 Å². The maximum absolute atomic E-state index is 5.38. The van der Waals surface area contributed by atoms with Crippen LogP contribution < -0.4 is 0 Å². The standard InChI is InChI=1S/C11H22.C9H15NO.C8H14N2O.2CH4.H2/c1-8(2)10-5-6-11(7-10)9(3)4;1-6(2)8-5-9(7(3)4)11-10-8;1-5(2)7-9-10-8(11-7)6(3)4;;;/h8-11H,5-7H2,1-4H3;5-7H,1-4H3;5-6H,1-4H3;2*1H4;1H/i;;;;;1+1. The van der Waals surface area contributed by atoms with Crippen molar-refractivity contribution in [2.75, 3.05) is 0 Å². The van der Waals surface area contributed by atoms with E-state index in [2.05, 4.69) is 70.7 Å². The molecule has 0 aliphatic heterocycles. The summed E-state index contributed by atoms with van der Waals surface area (Å²) in [7, 11) is 0. The maximum Gasteiger partial charge on any atom is 0.219 e. The Morgan fingerprint density at radius 2 is 1.11 bits per heavy atom. The van der Waals surface area contributed by atoms with Gasteiger partial charge in [0.2, 0.25) is 11.8 Å². The molecule has 208 valence electrons. The SMILES string of the molecule is C.C.CC(C)C1CCC(C(C)C)C1.CC(C)c1cc(C(C)C)on1.CC(C)c1nnc(C(C)C)o1.[2HH]. The second-order valence-electron chi connectivity index (χ2n) is 11.6. The van der Waals surface area contributed by atoms with Gasteiger partial charge in [0, 0.05) is 25.2 Å². The molecule has 0 amide bonds. The summed E-state index contributed by atoms with van der Waals surface area (Å²) >= 11 is 0. The van der Waals surface area contributed by atoms with Crippen LogP contribution in [0.3, 0.4) is 0 Å². The molecule has 0 spiro atoms. The van der Waals surface area contributed by atoms with Gasteiger partial charge >= 0.3 is 0 Å². The molecular weight excluding hydrogens is 434 g/mol. The molecule has 0 radical (unpaired) electrons. The molecule has 2 unspecified atom stereocenters. The van der Waals surface area contributed by atoms with Gasteiger partial charge in [-0.25, -0.2) is 0 Å². The first-order valence-corrected chi connectivity index (χ1v) is 13.1. The van der Waals surface area contributed by atoms with Crippen LogP contribution in [-0.2, 0) is 0 Å². The Hall–Kier alpha value is -1.65. The molecule has 35 heavy (non-hydrogen) atoms. The number of hydrogen-bond donors (Lipinski definition) is 0. The van der Waals surface area contributed by atoms with Gasteiger partial charge in [-0.3, -0.25) is 0 Å². The third kappa shape index (κ3) is 12.2. The molecule has 5 heteroatoms. The summed E-state index contributed by atoms with van der Waals surface area (Å²) in [5.41, 5.74) is 1.05. The summed E-state index contributed by atoms with van der Waals surface area (Å²) < 4.78 is 10.5. The minimum atomic E-state index is 0. The fraction of sp³-hybridized carbons (Fsp3) is 0.833. The fourth-order valence-electron chi connectivity index (χ4n) is 3.82. The van der Waals surface area contributed by atoms with E-state index in [-0.39, 0.29) is 16.3 Å². The average molecular weight is 497 g/mol. The first-order chi connectivity index (χ1) is 15.3. The van der Waals surface area contributed by atoms with Crippen LogP contribution in [0.5, 0.6) is 0 Å². The van der Waals surface area contributed by atoms with Gasteiger partial charge in [0.25, 0.3) is 0 Å². The third-order valence-corrected chi connectivity index (χ3v) is 6.55. The molecule has 1 fully saturated rings. The number of rotatable bonds is 6. The van der Waals surface area contributed by atoms with E-state index in [0.717, 1.165) is 46.9 Å². The highest BCUT2D eigenvalue weighted by molar-refractivity contribution is 5.11. The molecule has 1 aliphatic rings. The van der Waals surface area contributed by atoms with Crippen LogP contribution in [0.2, 0.25) is 0 Å². The molecule has 0 N–H and O–H groups in total. The highest BCUT2D eigenvalue weighted by atomic mass is 16.5. The van der Waals surface area contributed by atoms with E-state index in [4.69, 9.17) is 8.94 Å². The molecule has 2 aromatic heterocycles. The van der Waals surface area contributed by atoms with Gasteiger partial charge in [0.1, 0.15) is 5.76 Å². The fourth-order valence-corrected chi connectivity index (χ4v) is 3.82. The Balaban J connectivity index is -0.000000436. The molecule has 2 heterocycles. The quantitative estimate of drug-likeness (QED) is 0.398. The first-order valence-electron chi connectivity index (χ1n) is 13.1. The zero-order valence-electron chi connectivity index (χ0n) is 23.5. The number of hydrogen-bond acceptors (Lipinski definition) is 5. The third-order valence-electron chi connectivity index (χ3n) is 6.55. The highest BCUT2D eigenvalue weighted by Gasteiger charge is 2.28. The highest BCUT2D eigenvalue weighted by Crippen LogP contribution is 2.39. The lowest BCUT2D eigenvalue weighted by molar-refractivity contribution is 0.340. The van der Waals surface area contributed by atoms with Gasteiger partial charge in [-0.15, -0.1) is 10.2 Å². The Kier molecular flexibility index (Phi) is 17.2. The van der Waals surface area contributed by atoms with Gasteiger partial charge in [-0.2, -0.15) is 0 Å². The Bertz CT molecular complexity index is 670. The Labute approximate surface area is 219 Å². The molecule has 3 rings (SSSR count). The average Bonchev–Trinajstić information content (AvgIpc) is 3.49. The minimum Gasteiger partial charge on any atom is -0.425 e. The lowest BCUT2D eigenvalue weighted by Gasteiger charge is -2.16. The largest absolute Gasteiger partial charge is 0.425 e. The zero-order chi connectivity index (χ0) is 25.3. The van der Waals surface area contributed by atoms with Crippen molar-refractivity contribution in [3.8, 4) is 0 Å². The summed E-state index contributed by atoms with van der Waals surface area (Å²) in [6.45, 7) is 26.1. The molecule has 1 saturated carbocycles. The zero-order valence-corrected chi connectivity index (χ0v) is 23.5. The molecule has 5 nitrogen and oxygen atoms in total. The van der Waals surface area contributed by atoms with Gasteiger partial charge in [-0.1, -0.05) is 103 Å². The summed E-state index contributed by atoms with van der Waals surface area (Å²) in [5.74, 6) is 7.89. The van der Waals surface area contributed by atoms with E-state index < -0.39 is 0 Å². The van der Waals surface area contributed by atoms with Crippen LogP contribution in [0, 0.1) is 23.7 Å². The lowest BCUT2D eigenvalue weighted by Crippen LogP contribution is -2.07. The van der Waals surface area contributed by atoms with Crippen molar-refractivity contribution < 1.29 is 10.4 Å². The van der Waals surface area contributed by atoms with E-state index in [1.165, 1.54) is 19.3 Å². The smallest absolute Gasteiger partial charge is 0.219 e. The topological polar surface area (TPSA) is 65.0 Å². The van der Waals surface area contributed by atoms with E-state index >= 15 is 0 Å². The van der Waals surface area contributed by atoms with E-state index in [1.54, 1.807) is 0 Å². The van der Waals surface area contributed by atoms with E-state index in [9.17, 15) is 0 Å². The molecule has 0 aromatic carbocycles. The van der Waals surface area contributed by atoms with Crippen molar-refractivity contribution in [2.24, 2.45) is 23.7 Å². The lowest BCUT2D eigenvalue weighted by atomic mass is 9.89.